The minimum atomic E-state index is 0.301. The second-order valence-electron chi connectivity index (χ2n) is 6.83. The highest BCUT2D eigenvalue weighted by molar-refractivity contribution is 6.09. The largest absolute Gasteiger partial charge is 0.360 e. The Kier molecular flexibility index (Phi) is 3.31. The Morgan fingerprint density at radius 1 is 1.23 bits per heavy atom. The smallest absolute Gasteiger partial charge is 0.219 e. The number of nitrogens with zero attached hydrogens (tertiary/aromatic N) is 2. The van der Waals surface area contributed by atoms with Gasteiger partial charge < -0.3 is 9.47 Å². The van der Waals surface area contributed by atoms with Gasteiger partial charge in [0.15, 0.2) is 0 Å². The van der Waals surface area contributed by atoms with Crippen molar-refractivity contribution in [3.05, 3.63) is 35.5 Å². The number of para-hydroxylation sites is 1. The molecule has 0 unspecified atom stereocenters. The first-order valence-electron chi connectivity index (χ1n) is 8.40. The van der Waals surface area contributed by atoms with E-state index in [1.807, 2.05) is 6.20 Å². The summed E-state index contributed by atoms with van der Waals surface area (Å²) in [7, 11) is 0. The number of Topliss-reactive ketones (excluding diaryl/α,β-unsaturated/α-hetero) is 1. The number of fused-ring (bicyclic) bond motifs is 4. The number of quaternary nitrogens is 1. The van der Waals surface area contributed by atoms with E-state index < -0.39 is 0 Å². The van der Waals surface area contributed by atoms with Crippen LogP contribution in [0.15, 0.2) is 24.4 Å². The third-order valence-corrected chi connectivity index (χ3v) is 5.63. The van der Waals surface area contributed by atoms with Crippen LogP contribution in [0.1, 0.15) is 22.8 Å². The second-order valence-corrected chi connectivity index (χ2v) is 6.83. The molecule has 0 spiro atoms. The van der Waals surface area contributed by atoms with Gasteiger partial charge in [-0.1, -0.05) is 25.1 Å². The van der Waals surface area contributed by atoms with Gasteiger partial charge >= 0.3 is 0 Å². The molecule has 2 bridgehead atoms. The van der Waals surface area contributed by atoms with Crippen molar-refractivity contribution < 1.29 is 9.28 Å². The zero-order valence-electron chi connectivity index (χ0n) is 13.3. The Hall–Kier alpha value is -1.65. The summed E-state index contributed by atoms with van der Waals surface area (Å²) in [5.41, 5.74) is 3.30. The van der Waals surface area contributed by atoms with Crippen molar-refractivity contribution in [2.24, 2.45) is 0 Å². The van der Waals surface area contributed by atoms with Crippen LogP contribution in [0.3, 0.4) is 0 Å². The van der Waals surface area contributed by atoms with Gasteiger partial charge in [0.25, 0.3) is 0 Å². The third kappa shape index (κ3) is 2.18. The van der Waals surface area contributed by atoms with Crippen molar-refractivity contribution in [2.75, 3.05) is 45.8 Å². The van der Waals surface area contributed by atoms with E-state index in [1.165, 1.54) is 5.56 Å². The number of carbonyl (C=O) groups excluding carboxylic acids is 1. The molecule has 1 N–H and O–H groups in total. The van der Waals surface area contributed by atoms with Gasteiger partial charge in [-0.2, -0.15) is 0 Å². The highest BCUT2D eigenvalue weighted by atomic mass is 16.1. The third-order valence-electron chi connectivity index (χ3n) is 5.63. The predicted octanol–water partition coefficient (Wildman–Crippen LogP) is 2.06. The van der Waals surface area contributed by atoms with Crippen LogP contribution < -0.4 is 0 Å². The molecule has 4 heterocycles. The summed E-state index contributed by atoms with van der Waals surface area (Å²) < 4.78 is 0.996. The number of aromatic amines is 1. The molecule has 3 aliphatic heterocycles. The predicted molar refractivity (Wildman–Crippen MR) is 88.2 cm³/mol. The quantitative estimate of drug-likeness (QED) is 0.693. The Labute approximate surface area is 131 Å². The standard InChI is InChI=1S/C18H23N3O/c1-2-14-4-3-5-15-16(12-19-18(14)15)17(22)13-21-9-6-20(7-10-21)8-11-21/h3-5,12H,2,6-11,13H2,1H3/p+1. The summed E-state index contributed by atoms with van der Waals surface area (Å²) in [5.74, 6) is 0.301. The number of aromatic nitrogens is 1. The summed E-state index contributed by atoms with van der Waals surface area (Å²) >= 11 is 0. The monoisotopic (exact) mass is 298 g/mol. The van der Waals surface area contributed by atoms with Crippen molar-refractivity contribution in [3.8, 4) is 0 Å². The molecule has 3 saturated heterocycles. The lowest BCUT2D eigenvalue weighted by Gasteiger charge is -2.50. The van der Waals surface area contributed by atoms with E-state index in [9.17, 15) is 4.79 Å². The van der Waals surface area contributed by atoms with Crippen molar-refractivity contribution in [1.82, 2.24) is 9.88 Å². The maximum atomic E-state index is 12.9. The van der Waals surface area contributed by atoms with Gasteiger partial charge in [-0.15, -0.1) is 0 Å². The van der Waals surface area contributed by atoms with E-state index in [0.717, 1.165) is 66.6 Å². The fourth-order valence-corrected chi connectivity index (χ4v) is 4.10. The Morgan fingerprint density at radius 2 is 1.95 bits per heavy atom. The molecule has 0 saturated carbocycles. The maximum Gasteiger partial charge on any atom is 0.219 e. The van der Waals surface area contributed by atoms with E-state index in [2.05, 4.69) is 35.0 Å². The van der Waals surface area contributed by atoms with Crippen LogP contribution >= 0.6 is 0 Å². The lowest BCUT2D eigenvalue weighted by Crippen LogP contribution is -2.68. The van der Waals surface area contributed by atoms with Crippen molar-refractivity contribution in [2.45, 2.75) is 13.3 Å². The van der Waals surface area contributed by atoms with E-state index >= 15 is 0 Å². The number of hydrogen-bond acceptors (Lipinski definition) is 2. The minimum absolute atomic E-state index is 0.301. The van der Waals surface area contributed by atoms with Gasteiger partial charge in [0.1, 0.15) is 6.54 Å². The molecular weight excluding hydrogens is 274 g/mol. The van der Waals surface area contributed by atoms with Crippen LogP contribution in [0.2, 0.25) is 0 Å². The van der Waals surface area contributed by atoms with Gasteiger partial charge in [-0.25, -0.2) is 0 Å². The molecule has 22 heavy (non-hydrogen) atoms. The van der Waals surface area contributed by atoms with Crippen LogP contribution in [0.25, 0.3) is 10.9 Å². The van der Waals surface area contributed by atoms with Crippen LogP contribution in [-0.2, 0) is 6.42 Å². The number of carbonyl (C=O) groups is 1. The fourth-order valence-electron chi connectivity index (χ4n) is 4.10. The number of H-pyrrole nitrogens is 1. The van der Waals surface area contributed by atoms with Crippen LogP contribution in [0.5, 0.6) is 0 Å². The number of rotatable bonds is 4. The molecule has 5 rings (SSSR count). The van der Waals surface area contributed by atoms with E-state index in [4.69, 9.17) is 0 Å². The summed E-state index contributed by atoms with van der Waals surface area (Å²) in [4.78, 5) is 18.8. The topological polar surface area (TPSA) is 36.1 Å². The first-order chi connectivity index (χ1) is 10.7. The summed E-state index contributed by atoms with van der Waals surface area (Å²) in [6.07, 6.45) is 2.91. The van der Waals surface area contributed by atoms with E-state index in [1.54, 1.807) is 0 Å². The van der Waals surface area contributed by atoms with Gasteiger partial charge in [0.05, 0.1) is 19.6 Å². The molecule has 3 fully saturated rings. The zero-order chi connectivity index (χ0) is 15.2. The maximum absolute atomic E-state index is 12.9. The van der Waals surface area contributed by atoms with Crippen LogP contribution in [-0.4, -0.2) is 66.0 Å². The highest BCUT2D eigenvalue weighted by Crippen LogP contribution is 2.25. The first kappa shape index (κ1) is 14.0. The van der Waals surface area contributed by atoms with Crippen LogP contribution in [0, 0.1) is 0 Å². The lowest BCUT2D eigenvalue weighted by atomic mass is 10.0. The van der Waals surface area contributed by atoms with E-state index in [-0.39, 0.29) is 0 Å². The normalized spacial score (nSPS) is 27.4. The Morgan fingerprint density at radius 3 is 2.64 bits per heavy atom. The number of piperazine rings is 3. The van der Waals surface area contributed by atoms with Crippen molar-refractivity contribution in [3.63, 3.8) is 0 Å². The summed E-state index contributed by atoms with van der Waals surface area (Å²) in [5, 5.41) is 1.10. The molecule has 4 nitrogen and oxygen atoms in total. The molecule has 0 aliphatic carbocycles. The average Bonchev–Trinajstić information content (AvgIpc) is 3.00. The van der Waals surface area contributed by atoms with Crippen molar-refractivity contribution >= 4 is 16.7 Å². The Bertz CT molecular complexity index is 696. The number of benzene rings is 1. The lowest BCUT2D eigenvalue weighted by molar-refractivity contribution is -0.933. The number of ketones is 1. The van der Waals surface area contributed by atoms with E-state index in [0.29, 0.717) is 12.3 Å². The molecule has 116 valence electrons. The molecule has 0 amide bonds. The van der Waals surface area contributed by atoms with Crippen LogP contribution in [0.4, 0.5) is 0 Å². The van der Waals surface area contributed by atoms with Gasteiger partial charge in [0, 0.05) is 42.3 Å². The SMILES string of the molecule is CCc1cccc2c(C(=O)C[N+]34CCN(CC3)CC4)c[nH]c12. The molecule has 3 aliphatic rings. The molecule has 4 heteroatoms. The molecule has 2 aromatic rings. The number of hydrogen-bond donors (Lipinski definition) is 1. The summed E-state index contributed by atoms with van der Waals surface area (Å²) in [6, 6.07) is 6.28. The molecule has 1 aromatic heterocycles. The fraction of sp³-hybridized carbons (Fsp3) is 0.500. The average molecular weight is 298 g/mol. The first-order valence-corrected chi connectivity index (χ1v) is 8.40. The van der Waals surface area contributed by atoms with Gasteiger partial charge in [-0.3, -0.25) is 9.69 Å². The van der Waals surface area contributed by atoms with Crippen molar-refractivity contribution in [1.29, 1.82) is 0 Å². The summed E-state index contributed by atoms with van der Waals surface area (Å²) in [6.45, 7) is 9.68. The molecule has 1 aromatic carbocycles. The van der Waals surface area contributed by atoms with Gasteiger partial charge in [0.2, 0.25) is 5.78 Å². The van der Waals surface area contributed by atoms with Gasteiger partial charge in [-0.05, 0) is 12.0 Å². The highest BCUT2D eigenvalue weighted by Gasteiger charge is 2.40. The number of nitrogens with one attached hydrogen (secondary N) is 1. The number of aryl methyl sites for hydroxylation is 1. The second kappa shape index (κ2) is 5.21. The minimum Gasteiger partial charge on any atom is -0.360 e. The Balaban J connectivity index is 1.63. The zero-order valence-corrected chi connectivity index (χ0v) is 13.3. The molecule has 0 radical (unpaired) electrons. The molecule has 0 atom stereocenters. The molecular formula is C18H24N3O+.